The highest BCUT2D eigenvalue weighted by Crippen LogP contribution is 2.19. The van der Waals surface area contributed by atoms with Crippen LogP contribution < -0.4 is 0 Å². The molecule has 0 N–H and O–H groups in total. The van der Waals surface area contributed by atoms with Gasteiger partial charge in [0.2, 0.25) is 5.91 Å². The molecule has 0 aliphatic carbocycles. The minimum absolute atomic E-state index is 0.157. The van der Waals surface area contributed by atoms with Crippen LogP contribution in [0.25, 0.3) is 0 Å². The molecule has 2 rings (SSSR count). The van der Waals surface area contributed by atoms with E-state index >= 15 is 0 Å². The quantitative estimate of drug-likeness (QED) is 0.766. The van der Waals surface area contributed by atoms with E-state index in [9.17, 15) is 4.79 Å². The van der Waals surface area contributed by atoms with E-state index in [1.54, 1.807) is 7.11 Å². The fourth-order valence-corrected chi connectivity index (χ4v) is 3.84. The summed E-state index contributed by atoms with van der Waals surface area (Å²) in [6.45, 7) is 4.57. The van der Waals surface area contributed by atoms with Crippen molar-refractivity contribution in [2.24, 2.45) is 0 Å². The Balaban J connectivity index is 1.94. The molecule has 1 atom stereocenters. The lowest BCUT2D eigenvalue weighted by Crippen LogP contribution is -2.48. The lowest BCUT2D eigenvalue weighted by Gasteiger charge is -2.32. The van der Waals surface area contributed by atoms with Gasteiger partial charge in [0.15, 0.2) is 0 Å². The molecule has 0 saturated carbocycles. The Hall–Kier alpha value is -0.260. The molecule has 2 fully saturated rings. The third-order valence-electron chi connectivity index (χ3n) is 3.69. The lowest BCUT2D eigenvalue weighted by atomic mass is 10.2. The second kappa shape index (κ2) is 7.36. The molecule has 0 aromatic carbocycles. The molecule has 18 heavy (non-hydrogen) atoms. The molecule has 2 aliphatic heterocycles. The van der Waals surface area contributed by atoms with Gasteiger partial charge in [-0.2, -0.15) is 11.8 Å². The summed E-state index contributed by atoms with van der Waals surface area (Å²) in [5.74, 6) is 2.41. The van der Waals surface area contributed by atoms with Crippen LogP contribution in [0.1, 0.15) is 19.3 Å². The van der Waals surface area contributed by atoms with Gasteiger partial charge in [-0.3, -0.25) is 4.79 Å². The summed E-state index contributed by atoms with van der Waals surface area (Å²) in [5, 5.41) is 0. The molecule has 0 unspecified atom stereocenters. The zero-order valence-electron chi connectivity index (χ0n) is 11.3. The first-order valence-electron chi connectivity index (χ1n) is 6.90. The Morgan fingerprint density at radius 3 is 2.78 bits per heavy atom. The fourth-order valence-electron chi connectivity index (χ4n) is 2.78. The number of rotatable bonds is 4. The first-order chi connectivity index (χ1) is 8.81. The van der Waals surface area contributed by atoms with E-state index in [0.717, 1.165) is 25.3 Å². The SMILES string of the molecule is COCC(=O)N1CCCSC[C@@H]1CN1CCCC1. The van der Waals surface area contributed by atoms with Gasteiger partial charge >= 0.3 is 0 Å². The standard InChI is InChI=1S/C13H24N2O2S/c1-17-10-13(16)15-7-4-8-18-11-12(15)9-14-5-2-3-6-14/h12H,2-11H2,1H3/t12-/m0/s1. The Morgan fingerprint density at radius 1 is 1.28 bits per heavy atom. The van der Waals surface area contributed by atoms with Crippen LogP contribution in [0, 0.1) is 0 Å². The number of carbonyl (C=O) groups excluding carboxylic acids is 1. The van der Waals surface area contributed by atoms with Gasteiger partial charge in [0.05, 0.1) is 6.04 Å². The van der Waals surface area contributed by atoms with Crippen molar-refractivity contribution >= 4 is 17.7 Å². The summed E-state index contributed by atoms with van der Waals surface area (Å²) in [4.78, 5) is 16.7. The molecule has 2 aliphatic rings. The van der Waals surface area contributed by atoms with Crippen molar-refractivity contribution in [3.8, 4) is 0 Å². The van der Waals surface area contributed by atoms with Crippen LogP contribution >= 0.6 is 11.8 Å². The van der Waals surface area contributed by atoms with E-state index in [0.29, 0.717) is 6.04 Å². The van der Waals surface area contributed by atoms with Gasteiger partial charge in [-0.15, -0.1) is 0 Å². The van der Waals surface area contributed by atoms with Crippen molar-refractivity contribution in [2.45, 2.75) is 25.3 Å². The normalized spacial score (nSPS) is 26.3. The molecule has 0 spiro atoms. The zero-order valence-corrected chi connectivity index (χ0v) is 12.1. The maximum atomic E-state index is 12.1. The first-order valence-corrected chi connectivity index (χ1v) is 8.05. The van der Waals surface area contributed by atoms with Crippen LogP contribution in [-0.2, 0) is 9.53 Å². The molecule has 0 aromatic heterocycles. The maximum Gasteiger partial charge on any atom is 0.248 e. The summed E-state index contributed by atoms with van der Waals surface area (Å²) in [5.41, 5.74) is 0. The maximum absolute atomic E-state index is 12.1. The van der Waals surface area contributed by atoms with Gasteiger partial charge in [0.25, 0.3) is 0 Å². The van der Waals surface area contributed by atoms with Gasteiger partial charge in [0.1, 0.15) is 6.61 Å². The Labute approximate surface area is 114 Å². The second-order valence-corrected chi connectivity index (χ2v) is 6.26. The number of methoxy groups -OCH3 is 1. The van der Waals surface area contributed by atoms with Gasteiger partial charge < -0.3 is 14.5 Å². The minimum Gasteiger partial charge on any atom is -0.375 e. The third kappa shape index (κ3) is 3.87. The van der Waals surface area contributed by atoms with Gasteiger partial charge in [0, 0.05) is 26.0 Å². The third-order valence-corrected chi connectivity index (χ3v) is 4.89. The number of likely N-dealkylation sites (tertiary alicyclic amines) is 1. The molecule has 0 radical (unpaired) electrons. The van der Waals surface area contributed by atoms with E-state index in [1.807, 2.05) is 11.8 Å². The monoisotopic (exact) mass is 272 g/mol. The summed E-state index contributed by atoms with van der Waals surface area (Å²) in [7, 11) is 1.60. The number of hydrogen-bond donors (Lipinski definition) is 0. The van der Waals surface area contributed by atoms with E-state index in [-0.39, 0.29) is 12.5 Å². The fraction of sp³-hybridized carbons (Fsp3) is 0.923. The van der Waals surface area contributed by atoms with Crippen molar-refractivity contribution < 1.29 is 9.53 Å². The molecule has 2 saturated heterocycles. The Bertz CT molecular complexity index is 270. The number of ether oxygens (including phenoxy) is 1. The smallest absolute Gasteiger partial charge is 0.248 e. The van der Waals surface area contributed by atoms with Crippen LogP contribution in [0.2, 0.25) is 0 Å². The van der Waals surface area contributed by atoms with E-state index in [1.165, 1.54) is 31.7 Å². The van der Waals surface area contributed by atoms with Gasteiger partial charge in [-0.25, -0.2) is 0 Å². The molecular weight excluding hydrogens is 248 g/mol. The molecule has 0 aromatic rings. The predicted octanol–water partition coefficient (Wildman–Crippen LogP) is 1.06. The topological polar surface area (TPSA) is 32.8 Å². The molecule has 4 nitrogen and oxygen atoms in total. The average Bonchev–Trinajstić information content (AvgIpc) is 2.74. The summed E-state index contributed by atoms with van der Waals surface area (Å²) in [6.07, 6.45) is 3.73. The number of hydrogen-bond acceptors (Lipinski definition) is 4. The van der Waals surface area contributed by atoms with Crippen LogP contribution in [0.5, 0.6) is 0 Å². The van der Waals surface area contributed by atoms with Crippen LogP contribution in [0.4, 0.5) is 0 Å². The number of thioether (sulfide) groups is 1. The van der Waals surface area contributed by atoms with Crippen molar-refractivity contribution in [1.29, 1.82) is 0 Å². The average molecular weight is 272 g/mol. The van der Waals surface area contributed by atoms with E-state index in [2.05, 4.69) is 9.80 Å². The lowest BCUT2D eigenvalue weighted by molar-refractivity contribution is -0.137. The number of nitrogens with zero attached hydrogens (tertiary/aromatic N) is 2. The highest BCUT2D eigenvalue weighted by Gasteiger charge is 2.27. The van der Waals surface area contributed by atoms with E-state index < -0.39 is 0 Å². The van der Waals surface area contributed by atoms with Crippen LogP contribution in [-0.4, -0.2) is 73.2 Å². The molecular formula is C13H24N2O2S. The Kier molecular flexibility index (Phi) is 5.79. The number of amides is 1. The van der Waals surface area contributed by atoms with Crippen molar-refractivity contribution in [3.63, 3.8) is 0 Å². The highest BCUT2D eigenvalue weighted by atomic mass is 32.2. The highest BCUT2D eigenvalue weighted by molar-refractivity contribution is 7.99. The predicted molar refractivity (Wildman–Crippen MR) is 75.0 cm³/mol. The van der Waals surface area contributed by atoms with Crippen LogP contribution in [0.3, 0.4) is 0 Å². The molecule has 5 heteroatoms. The molecule has 2 heterocycles. The van der Waals surface area contributed by atoms with Crippen LogP contribution in [0.15, 0.2) is 0 Å². The van der Waals surface area contributed by atoms with Gasteiger partial charge in [-0.1, -0.05) is 0 Å². The van der Waals surface area contributed by atoms with Crippen molar-refractivity contribution in [3.05, 3.63) is 0 Å². The van der Waals surface area contributed by atoms with Gasteiger partial charge in [-0.05, 0) is 38.1 Å². The van der Waals surface area contributed by atoms with Crippen molar-refractivity contribution in [1.82, 2.24) is 9.80 Å². The second-order valence-electron chi connectivity index (χ2n) is 5.11. The summed E-state index contributed by atoms with van der Waals surface area (Å²) in [6, 6.07) is 0.373. The summed E-state index contributed by atoms with van der Waals surface area (Å²) < 4.78 is 5.00. The minimum atomic E-state index is 0.157. The molecule has 104 valence electrons. The first kappa shape index (κ1) is 14.2. The number of carbonyl (C=O) groups is 1. The molecule has 1 amide bonds. The zero-order chi connectivity index (χ0) is 12.8. The van der Waals surface area contributed by atoms with Crippen molar-refractivity contribution in [2.75, 3.05) is 51.4 Å². The largest absolute Gasteiger partial charge is 0.375 e. The molecule has 0 bridgehead atoms. The Morgan fingerprint density at radius 2 is 2.06 bits per heavy atom. The van der Waals surface area contributed by atoms with E-state index in [4.69, 9.17) is 4.74 Å². The summed E-state index contributed by atoms with van der Waals surface area (Å²) >= 11 is 1.99.